The lowest BCUT2D eigenvalue weighted by Gasteiger charge is -2.41. The molecule has 1 N–H and O–H groups in total. The molecule has 1 saturated carbocycles. The monoisotopic (exact) mass is 272 g/mol. The molecule has 1 unspecified atom stereocenters. The fourth-order valence-electron chi connectivity index (χ4n) is 2.58. The standard InChI is InChI=1S/C15H32O2Si/c1-12(17-18(5,6)15(2,3)4)14-9-7-13(11-16)8-10-14/h12-14,16H,7-11H2,1-6H3/t12?,13-,14-. The SMILES string of the molecule is CC(O[Si](C)(C)C(C)(C)C)[C@H]1CC[C@H](CO)CC1. The van der Waals surface area contributed by atoms with Crippen LogP contribution in [-0.2, 0) is 4.43 Å². The van der Waals surface area contributed by atoms with E-state index in [-0.39, 0.29) is 0 Å². The van der Waals surface area contributed by atoms with Crippen LogP contribution >= 0.6 is 0 Å². The van der Waals surface area contributed by atoms with Gasteiger partial charge >= 0.3 is 0 Å². The minimum Gasteiger partial charge on any atom is -0.414 e. The summed E-state index contributed by atoms with van der Waals surface area (Å²) < 4.78 is 6.49. The van der Waals surface area contributed by atoms with Crippen LogP contribution in [0.4, 0.5) is 0 Å². The van der Waals surface area contributed by atoms with E-state index in [9.17, 15) is 5.11 Å². The van der Waals surface area contributed by atoms with Gasteiger partial charge in [0.05, 0.1) is 0 Å². The van der Waals surface area contributed by atoms with E-state index >= 15 is 0 Å². The van der Waals surface area contributed by atoms with Crippen LogP contribution in [0.5, 0.6) is 0 Å². The van der Waals surface area contributed by atoms with Gasteiger partial charge in [0, 0.05) is 12.7 Å². The van der Waals surface area contributed by atoms with E-state index in [4.69, 9.17) is 4.43 Å². The lowest BCUT2D eigenvalue weighted by molar-refractivity contribution is 0.0821. The van der Waals surface area contributed by atoms with Crippen molar-refractivity contribution in [3.05, 3.63) is 0 Å². The maximum Gasteiger partial charge on any atom is 0.192 e. The Hall–Kier alpha value is 0.137. The van der Waals surface area contributed by atoms with Gasteiger partial charge < -0.3 is 9.53 Å². The Morgan fingerprint density at radius 2 is 1.67 bits per heavy atom. The molecule has 0 spiro atoms. The summed E-state index contributed by atoms with van der Waals surface area (Å²) in [6.45, 7) is 14.2. The Morgan fingerprint density at radius 1 is 1.17 bits per heavy atom. The van der Waals surface area contributed by atoms with Crippen molar-refractivity contribution in [2.45, 2.75) is 77.6 Å². The zero-order valence-electron chi connectivity index (χ0n) is 13.1. The van der Waals surface area contributed by atoms with Crippen molar-refractivity contribution < 1.29 is 9.53 Å². The van der Waals surface area contributed by atoms with Crippen molar-refractivity contribution >= 4 is 8.32 Å². The number of rotatable bonds is 4. The molecular formula is C15H32O2Si. The third-order valence-electron chi connectivity index (χ3n) is 5.10. The number of hydrogen-bond donors (Lipinski definition) is 1. The minimum atomic E-state index is -1.63. The molecule has 0 saturated heterocycles. The van der Waals surface area contributed by atoms with Crippen LogP contribution in [0.15, 0.2) is 0 Å². The summed E-state index contributed by atoms with van der Waals surface area (Å²) in [6, 6.07) is 0. The van der Waals surface area contributed by atoms with Gasteiger partial charge in [-0.15, -0.1) is 0 Å². The summed E-state index contributed by atoms with van der Waals surface area (Å²) in [5, 5.41) is 9.48. The van der Waals surface area contributed by atoms with Crippen LogP contribution in [0.2, 0.25) is 18.1 Å². The van der Waals surface area contributed by atoms with Gasteiger partial charge in [0.15, 0.2) is 8.32 Å². The first-order valence-corrected chi connectivity index (χ1v) is 10.4. The van der Waals surface area contributed by atoms with E-state index in [1.54, 1.807) is 0 Å². The number of aliphatic hydroxyl groups excluding tert-OH is 1. The van der Waals surface area contributed by atoms with Crippen molar-refractivity contribution in [2.75, 3.05) is 6.61 Å². The van der Waals surface area contributed by atoms with Crippen LogP contribution < -0.4 is 0 Å². The molecule has 3 heteroatoms. The van der Waals surface area contributed by atoms with E-state index in [1.165, 1.54) is 25.7 Å². The third-order valence-corrected chi connectivity index (χ3v) is 9.67. The van der Waals surface area contributed by atoms with Crippen LogP contribution in [-0.4, -0.2) is 26.1 Å². The first kappa shape index (κ1) is 16.2. The Balaban J connectivity index is 2.49. The molecule has 0 bridgehead atoms. The predicted molar refractivity (Wildman–Crippen MR) is 80.3 cm³/mol. The highest BCUT2D eigenvalue weighted by molar-refractivity contribution is 6.74. The molecule has 0 aromatic heterocycles. The first-order valence-electron chi connectivity index (χ1n) is 7.46. The van der Waals surface area contributed by atoms with Crippen LogP contribution in [0, 0.1) is 11.8 Å². The van der Waals surface area contributed by atoms with E-state index in [0.29, 0.717) is 29.6 Å². The molecular weight excluding hydrogens is 240 g/mol. The Kier molecular flexibility index (Phi) is 5.45. The Labute approximate surface area is 114 Å². The molecule has 1 aliphatic rings. The Bertz CT molecular complexity index is 250. The fraction of sp³-hybridized carbons (Fsp3) is 1.00. The second-order valence-electron chi connectivity index (χ2n) is 7.55. The number of aliphatic hydroxyl groups is 1. The van der Waals surface area contributed by atoms with Gasteiger partial charge in [0.25, 0.3) is 0 Å². The van der Waals surface area contributed by atoms with Crippen molar-refractivity contribution in [1.82, 2.24) is 0 Å². The highest BCUT2D eigenvalue weighted by Crippen LogP contribution is 2.40. The highest BCUT2D eigenvalue weighted by Gasteiger charge is 2.40. The summed E-state index contributed by atoms with van der Waals surface area (Å²) in [7, 11) is -1.63. The summed E-state index contributed by atoms with van der Waals surface area (Å²) in [5.74, 6) is 1.24. The zero-order chi connectivity index (χ0) is 14.0. The normalized spacial score (nSPS) is 28.2. The maximum atomic E-state index is 9.18. The largest absolute Gasteiger partial charge is 0.414 e. The smallest absolute Gasteiger partial charge is 0.192 e. The molecule has 0 aromatic carbocycles. The van der Waals surface area contributed by atoms with Crippen molar-refractivity contribution in [3.8, 4) is 0 Å². The molecule has 18 heavy (non-hydrogen) atoms. The van der Waals surface area contributed by atoms with Gasteiger partial charge in [-0.25, -0.2) is 0 Å². The second-order valence-corrected chi connectivity index (χ2v) is 12.3. The topological polar surface area (TPSA) is 29.5 Å². The number of hydrogen-bond acceptors (Lipinski definition) is 2. The quantitative estimate of drug-likeness (QED) is 0.777. The van der Waals surface area contributed by atoms with Gasteiger partial charge in [-0.3, -0.25) is 0 Å². The first-order chi connectivity index (χ1) is 8.17. The lowest BCUT2D eigenvalue weighted by Crippen LogP contribution is -2.45. The average Bonchev–Trinajstić information content (AvgIpc) is 2.27. The summed E-state index contributed by atoms with van der Waals surface area (Å²) in [6.07, 6.45) is 5.17. The van der Waals surface area contributed by atoms with Gasteiger partial charge in [-0.2, -0.15) is 0 Å². The average molecular weight is 273 g/mol. The van der Waals surface area contributed by atoms with E-state index in [0.717, 1.165) is 0 Å². The van der Waals surface area contributed by atoms with Crippen molar-refractivity contribution in [3.63, 3.8) is 0 Å². The maximum absolute atomic E-state index is 9.18. The van der Waals surface area contributed by atoms with Crippen LogP contribution in [0.1, 0.15) is 53.4 Å². The second kappa shape index (κ2) is 6.06. The zero-order valence-corrected chi connectivity index (χ0v) is 14.1. The molecule has 1 rings (SSSR count). The van der Waals surface area contributed by atoms with Crippen molar-refractivity contribution in [1.29, 1.82) is 0 Å². The molecule has 1 atom stereocenters. The molecule has 0 amide bonds. The van der Waals surface area contributed by atoms with E-state index in [1.807, 2.05) is 0 Å². The van der Waals surface area contributed by atoms with Gasteiger partial charge in [0.1, 0.15) is 0 Å². The van der Waals surface area contributed by atoms with Gasteiger partial charge in [-0.1, -0.05) is 20.8 Å². The lowest BCUT2D eigenvalue weighted by atomic mass is 9.80. The molecule has 108 valence electrons. The highest BCUT2D eigenvalue weighted by atomic mass is 28.4. The van der Waals surface area contributed by atoms with E-state index < -0.39 is 8.32 Å². The third kappa shape index (κ3) is 4.07. The van der Waals surface area contributed by atoms with Crippen LogP contribution in [0.3, 0.4) is 0 Å². The molecule has 1 fully saturated rings. The van der Waals surface area contributed by atoms with Gasteiger partial charge in [0.2, 0.25) is 0 Å². The molecule has 2 nitrogen and oxygen atoms in total. The van der Waals surface area contributed by atoms with Crippen molar-refractivity contribution in [2.24, 2.45) is 11.8 Å². The fourth-order valence-corrected chi connectivity index (χ4v) is 4.05. The Morgan fingerprint density at radius 3 is 2.06 bits per heavy atom. The summed E-state index contributed by atoms with van der Waals surface area (Å²) in [5.41, 5.74) is 0. The predicted octanol–water partition coefficient (Wildman–Crippen LogP) is 4.20. The van der Waals surface area contributed by atoms with E-state index in [2.05, 4.69) is 40.8 Å². The molecule has 1 aliphatic carbocycles. The molecule has 0 heterocycles. The minimum absolute atomic E-state index is 0.295. The summed E-state index contributed by atoms with van der Waals surface area (Å²) in [4.78, 5) is 0. The molecule has 0 aliphatic heterocycles. The van der Waals surface area contributed by atoms with Crippen LogP contribution in [0.25, 0.3) is 0 Å². The summed E-state index contributed by atoms with van der Waals surface area (Å²) >= 11 is 0. The molecule has 0 radical (unpaired) electrons. The van der Waals surface area contributed by atoms with Gasteiger partial charge in [-0.05, 0) is 62.6 Å². The molecule has 0 aromatic rings.